The van der Waals surface area contributed by atoms with Crippen molar-refractivity contribution in [1.82, 2.24) is 4.72 Å². The number of nitrogens with zero attached hydrogens (tertiary/aromatic N) is 1. The molecule has 0 aliphatic carbocycles. The average molecular weight is 376 g/mol. The second kappa shape index (κ2) is 8.33. The number of ether oxygens (including phenoxy) is 1. The lowest BCUT2D eigenvalue weighted by molar-refractivity contribution is -0.116. The number of aryl methyl sites for hydroxylation is 2. The molecule has 140 valence electrons. The Labute approximate surface area is 154 Å². The van der Waals surface area contributed by atoms with Gasteiger partial charge in [0.05, 0.1) is 12.0 Å². The summed E-state index contributed by atoms with van der Waals surface area (Å²) in [7, 11) is -2.08. The number of amides is 1. The Bertz CT molecular complexity index is 894. The molecule has 2 rings (SSSR count). The number of carbonyl (C=O) groups is 1. The molecule has 2 aromatic rings. The Morgan fingerprint density at radius 2 is 1.85 bits per heavy atom. The number of rotatable bonds is 7. The van der Waals surface area contributed by atoms with Crippen molar-refractivity contribution in [3.8, 4) is 5.75 Å². The largest absolute Gasteiger partial charge is 0.497 e. The van der Waals surface area contributed by atoms with Crippen molar-refractivity contribution in [2.24, 2.45) is 0 Å². The number of hydrogen-bond donors (Lipinski definition) is 1. The van der Waals surface area contributed by atoms with Gasteiger partial charge in [0, 0.05) is 31.8 Å². The van der Waals surface area contributed by atoms with Gasteiger partial charge in [0.1, 0.15) is 5.75 Å². The van der Waals surface area contributed by atoms with E-state index in [9.17, 15) is 13.2 Å². The molecule has 0 aliphatic rings. The van der Waals surface area contributed by atoms with Crippen LogP contribution in [0.1, 0.15) is 18.1 Å². The highest BCUT2D eigenvalue weighted by molar-refractivity contribution is 7.89. The van der Waals surface area contributed by atoms with Gasteiger partial charge in [-0.15, -0.1) is 0 Å². The van der Waals surface area contributed by atoms with E-state index in [1.54, 1.807) is 49.6 Å². The van der Waals surface area contributed by atoms with E-state index in [1.807, 2.05) is 13.8 Å². The molecule has 0 bridgehead atoms. The molecular formula is C19H24N2O4S. The lowest BCUT2D eigenvalue weighted by atomic mass is 10.1. The quantitative estimate of drug-likeness (QED) is 0.806. The predicted molar refractivity (Wildman–Crippen MR) is 102 cm³/mol. The molecule has 0 aromatic heterocycles. The summed E-state index contributed by atoms with van der Waals surface area (Å²) in [5.74, 6) is 0.452. The summed E-state index contributed by atoms with van der Waals surface area (Å²) in [5, 5.41) is 0. The first-order valence-corrected chi connectivity index (χ1v) is 9.72. The first-order valence-electron chi connectivity index (χ1n) is 8.23. The molecule has 0 atom stereocenters. The molecule has 0 unspecified atom stereocenters. The summed E-state index contributed by atoms with van der Waals surface area (Å²) in [6, 6.07) is 12.1. The molecular weight excluding hydrogens is 352 g/mol. The number of methoxy groups -OCH3 is 1. The van der Waals surface area contributed by atoms with Crippen LogP contribution >= 0.6 is 0 Å². The SMILES string of the molecule is COc1cccc(N(CCNS(=O)(=O)c2ccc(C)c(C)c2)C(C)=O)c1. The van der Waals surface area contributed by atoms with E-state index < -0.39 is 10.0 Å². The van der Waals surface area contributed by atoms with Gasteiger partial charge >= 0.3 is 0 Å². The summed E-state index contributed by atoms with van der Waals surface area (Å²) >= 11 is 0. The van der Waals surface area contributed by atoms with Crippen molar-refractivity contribution in [3.63, 3.8) is 0 Å². The maximum Gasteiger partial charge on any atom is 0.240 e. The van der Waals surface area contributed by atoms with Gasteiger partial charge in [-0.1, -0.05) is 12.1 Å². The summed E-state index contributed by atoms with van der Waals surface area (Å²) in [5.41, 5.74) is 2.60. The first-order chi connectivity index (χ1) is 12.2. The maximum atomic E-state index is 12.4. The highest BCUT2D eigenvalue weighted by Crippen LogP contribution is 2.21. The van der Waals surface area contributed by atoms with E-state index in [4.69, 9.17) is 4.74 Å². The van der Waals surface area contributed by atoms with Crippen molar-refractivity contribution in [2.75, 3.05) is 25.1 Å². The van der Waals surface area contributed by atoms with Crippen molar-refractivity contribution < 1.29 is 17.9 Å². The van der Waals surface area contributed by atoms with Crippen LogP contribution in [0.3, 0.4) is 0 Å². The Morgan fingerprint density at radius 3 is 2.46 bits per heavy atom. The fourth-order valence-corrected chi connectivity index (χ4v) is 3.61. The number of anilines is 1. The van der Waals surface area contributed by atoms with E-state index in [0.717, 1.165) is 11.1 Å². The molecule has 0 saturated carbocycles. The molecule has 6 nitrogen and oxygen atoms in total. The van der Waals surface area contributed by atoms with Crippen LogP contribution in [0, 0.1) is 13.8 Å². The Balaban J connectivity index is 2.09. The third-order valence-electron chi connectivity index (χ3n) is 4.16. The van der Waals surface area contributed by atoms with Gasteiger partial charge in [0.25, 0.3) is 0 Å². The zero-order valence-electron chi connectivity index (χ0n) is 15.4. The normalized spacial score (nSPS) is 11.2. The molecule has 0 saturated heterocycles. The van der Waals surface area contributed by atoms with E-state index in [0.29, 0.717) is 11.4 Å². The second-order valence-corrected chi connectivity index (χ2v) is 7.78. The topological polar surface area (TPSA) is 75.7 Å². The maximum absolute atomic E-state index is 12.4. The number of nitrogens with one attached hydrogen (secondary N) is 1. The van der Waals surface area contributed by atoms with Gasteiger partial charge in [-0.05, 0) is 49.2 Å². The van der Waals surface area contributed by atoms with Crippen molar-refractivity contribution in [2.45, 2.75) is 25.7 Å². The minimum absolute atomic E-state index is 0.103. The third kappa shape index (κ3) is 4.83. The van der Waals surface area contributed by atoms with Gasteiger partial charge in [-0.2, -0.15) is 0 Å². The molecule has 1 amide bonds. The molecule has 1 N–H and O–H groups in total. The molecule has 2 aromatic carbocycles. The van der Waals surface area contributed by atoms with E-state index in [2.05, 4.69) is 4.72 Å². The molecule has 7 heteroatoms. The van der Waals surface area contributed by atoms with Crippen LogP contribution in [-0.2, 0) is 14.8 Å². The molecule has 0 radical (unpaired) electrons. The Kier molecular flexibility index (Phi) is 6.39. The zero-order chi connectivity index (χ0) is 19.3. The smallest absolute Gasteiger partial charge is 0.240 e. The van der Waals surface area contributed by atoms with Crippen LogP contribution in [0.5, 0.6) is 5.75 Å². The van der Waals surface area contributed by atoms with Gasteiger partial charge in [0.15, 0.2) is 0 Å². The minimum atomic E-state index is -3.63. The van der Waals surface area contributed by atoms with Gasteiger partial charge in [-0.25, -0.2) is 13.1 Å². The van der Waals surface area contributed by atoms with Crippen molar-refractivity contribution in [3.05, 3.63) is 53.6 Å². The number of benzene rings is 2. The van der Waals surface area contributed by atoms with Gasteiger partial charge in [-0.3, -0.25) is 4.79 Å². The van der Waals surface area contributed by atoms with Crippen LogP contribution in [0.15, 0.2) is 47.4 Å². The Hall–Kier alpha value is -2.38. The predicted octanol–water partition coefficient (Wildman–Crippen LogP) is 2.64. The monoisotopic (exact) mass is 376 g/mol. The lowest BCUT2D eigenvalue weighted by Crippen LogP contribution is -2.37. The molecule has 26 heavy (non-hydrogen) atoms. The van der Waals surface area contributed by atoms with Crippen LogP contribution in [0.2, 0.25) is 0 Å². The number of sulfonamides is 1. The fraction of sp³-hybridized carbons (Fsp3) is 0.316. The third-order valence-corrected chi connectivity index (χ3v) is 5.62. The van der Waals surface area contributed by atoms with Gasteiger partial charge < -0.3 is 9.64 Å². The van der Waals surface area contributed by atoms with Crippen LogP contribution in [-0.4, -0.2) is 34.5 Å². The molecule has 0 fully saturated rings. The summed E-state index contributed by atoms with van der Waals surface area (Å²) in [6.07, 6.45) is 0. The summed E-state index contributed by atoms with van der Waals surface area (Å²) in [4.78, 5) is 13.7. The minimum Gasteiger partial charge on any atom is -0.497 e. The summed E-state index contributed by atoms with van der Waals surface area (Å²) < 4.78 is 32.6. The van der Waals surface area contributed by atoms with Crippen molar-refractivity contribution >= 4 is 21.6 Å². The molecule has 0 aliphatic heterocycles. The van der Waals surface area contributed by atoms with Crippen LogP contribution in [0.4, 0.5) is 5.69 Å². The average Bonchev–Trinajstić information content (AvgIpc) is 2.60. The molecule has 0 heterocycles. The second-order valence-electron chi connectivity index (χ2n) is 6.02. The van der Waals surface area contributed by atoms with E-state index in [-0.39, 0.29) is 23.9 Å². The van der Waals surface area contributed by atoms with E-state index >= 15 is 0 Å². The standard InChI is InChI=1S/C19H24N2O4S/c1-14-8-9-19(12-15(14)2)26(23,24)20-10-11-21(16(3)22)17-6-5-7-18(13-17)25-4/h5-9,12-13,20H,10-11H2,1-4H3. The number of carbonyl (C=O) groups excluding carboxylic acids is 1. The number of hydrogen-bond acceptors (Lipinski definition) is 4. The lowest BCUT2D eigenvalue weighted by Gasteiger charge is -2.22. The first kappa shape index (κ1) is 19.9. The summed E-state index contributed by atoms with van der Waals surface area (Å²) in [6.45, 7) is 5.56. The zero-order valence-corrected chi connectivity index (χ0v) is 16.3. The van der Waals surface area contributed by atoms with Crippen molar-refractivity contribution in [1.29, 1.82) is 0 Å². The highest BCUT2D eigenvalue weighted by Gasteiger charge is 2.17. The van der Waals surface area contributed by atoms with E-state index in [1.165, 1.54) is 11.8 Å². The molecule has 0 spiro atoms. The Morgan fingerprint density at radius 1 is 1.12 bits per heavy atom. The van der Waals surface area contributed by atoms with Gasteiger partial charge in [0.2, 0.25) is 15.9 Å². The fourth-order valence-electron chi connectivity index (χ4n) is 2.50. The van der Waals surface area contributed by atoms with Crippen LogP contribution < -0.4 is 14.4 Å². The highest BCUT2D eigenvalue weighted by atomic mass is 32.2. The van der Waals surface area contributed by atoms with Crippen LogP contribution in [0.25, 0.3) is 0 Å².